The number of carbonyl (C=O) groups excluding carboxylic acids is 1. The van der Waals surface area contributed by atoms with Crippen molar-refractivity contribution < 1.29 is 13.2 Å². The monoisotopic (exact) mass is 403 g/mol. The fraction of sp³-hybridized carbons (Fsp3) is 0.476. The van der Waals surface area contributed by atoms with E-state index in [4.69, 9.17) is 0 Å². The van der Waals surface area contributed by atoms with Crippen molar-refractivity contribution in [1.29, 1.82) is 0 Å². The Morgan fingerprint density at radius 1 is 1.00 bits per heavy atom. The first-order valence-electron chi connectivity index (χ1n) is 9.77. The highest BCUT2D eigenvalue weighted by atomic mass is 32.2. The van der Waals surface area contributed by atoms with Gasteiger partial charge in [-0.15, -0.1) is 0 Å². The lowest BCUT2D eigenvalue weighted by molar-refractivity contribution is 0.0757. The number of benzene rings is 1. The predicted molar refractivity (Wildman–Crippen MR) is 111 cm³/mol. The summed E-state index contributed by atoms with van der Waals surface area (Å²) in [6.07, 6.45) is 4.13. The highest BCUT2D eigenvalue weighted by molar-refractivity contribution is 7.92. The van der Waals surface area contributed by atoms with E-state index in [9.17, 15) is 13.2 Å². The largest absolute Gasteiger partial charge is 0.350 e. The van der Waals surface area contributed by atoms with Crippen LogP contribution < -0.4 is 4.72 Å². The number of nitrogens with zero attached hydrogens (tertiary/aromatic N) is 2. The molecule has 1 aliphatic heterocycles. The molecule has 0 saturated carbocycles. The molecule has 1 saturated heterocycles. The molecule has 0 bridgehead atoms. The van der Waals surface area contributed by atoms with Crippen LogP contribution in [0.1, 0.15) is 53.0 Å². The van der Waals surface area contributed by atoms with Gasteiger partial charge in [0.1, 0.15) is 4.90 Å². The molecule has 0 spiro atoms. The number of carbonyl (C=O) groups is 1. The first kappa shape index (κ1) is 20.5. The number of hydrogen-bond acceptors (Lipinski definition) is 3. The van der Waals surface area contributed by atoms with Gasteiger partial charge in [-0.05, 0) is 51.3 Å². The van der Waals surface area contributed by atoms with Gasteiger partial charge in [0.15, 0.2) is 0 Å². The summed E-state index contributed by atoms with van der Waals surface area (Å²) in [6, 6.07) is 7.20. The molecule has 3 rings (SSSR count). The fourth-order valence-electron chi connectivity index (χ4n) is 3.84. The first-order valence-corrected chi connectivity index (χ1v) is 11.3. The van der Waals surface area contributed by atoms with Crippen LogP contribution in [0.15, 0.2) is 29.2 Å². The second-order valence-corrected chi connectivity index (χ2v) is 9.23. The highest BCUT2D eigenvalue weighted by Crippen LogP contribution is 2.30. The van der Waals surface area contributed by atoms with Crippen molar-refractivity contribution >= 4 is 21.6 Å². The van der Waals surface area contributed by atoms with E-state index in [1.54, 1.807) is 41.6 Å². The zero-order valence-electron chi connectivity index (χ0n) is 17.1. The minimum absolute atomic E-state index is 0.0863. The molecule has 1 fully saturated rings. The number of anilines is 1. The van der Waals surface area contributed by atoms with Gasteiger partial charge >= 0.3 is 0 Å². The van der Waals surface area contributed by atoms with Crippen LogP contribution in [0.3, 0.4) is 0 Å². The molecule has 6 nitrogen and oxygen atoms in total. The molecule has 1 aliphatic rings. The number of hydrogen-bond donors (Lipinski definition) is 1. The van der Waals surface area contributed by atoms with E-state index in [-0.39, 0.29) is 10.8 Å². The molecule has 2 aromatic rings. The lowest BCUT2D eigenvalue weighted by Crippen LogP contribution is -2.33. The number of sulfonamides is 1. The molecule has 2 heterocycles. The number of aromatic nitrogens is 1. The third-order valence-corrected chi connectivity index (χ3v) is 7.11. The Labute approximate surface area is 167 Å². The van der Waals surface area contributed by atoms with E-state index in [0.717, 1.165) is 31.2 Å². The molecule has 1 aromatic carbocycles. The molecule has 28 heavy (non-hydrogen) atoms. The van der Waals surface area contributed by atoms with Gasteiger partial charge < -0.3 is 9.47 Å². The van der Waals surface area contributed by atoms with Crippen LogP contribution in [-0.2, 0) is 17.1 Å². The van der Waals surface area contributed by atoms with Crippen LogP contribution in [0.25, 0.3) is 0 Å². The molecular weight excluding hydrogens is 374 g/mol. The standard InChI is InChI=1S/C21H29N3O3S/c1-15-10-9-11-18(14-15)22-28(26,27)20-17(3)23(4)16(2)19(20)21(25)24-12-7-5-6-8-13-24/h9-11,14,22H,5-8,12-13H2,1-4H3. The smallest absolute Gasteiger partial charge is 0.264 e. The average molecular weight is 404 g/mol. The first-order chi connectivity index (χ1) is 13.2. The minimum Gasteiger partial charge on any atom is -0.350 e. The molecule has 1 amide bonds. The lowest BCUT2D eigenvalue weighted by atomic mass is 10.2. The van der Waals surface area contributed by atoms with Crippen molar-refractivity contribution in [3.8, 4) is 0 Å². The third kappa shape index (κ3) is 3.94. The van der Waals surface area contributed by atoms with E-state index in [1.807, 2.05) is 19.9 Å². The molecule has 1 N–H and O–H groups in total. The van der Waals surface area contributed by atoms with Crippen LogP contribution in [0.5, 0.6) is 0 Å². The molecule has 0 unspecified atom stereocenters. The third-order valence-electron chi connectivity index (χ3n) is 5.57. The van der Waals surface area contributed by atoms with Gasteiger partial charge in [-0.2, -0.15) is 0 Å². The SMILES string of the molecule is Cc1cccc(NS(=O)(=O)c2c(C(=O)N3CCCCCC3)c(C)n(C)c2C)c1. The van der Waals surface area contributed by atoms with Gasteiger partial charge in [-0.1, -0.05) is 25.0 Å². The van der Waals surface area contributed by atoms with Gasteiger partial charge in [0.2, 0.25) is 0 Å². The van der Waals surface area contributed by atoms with Gasteiger partial charge in [-0.3, -0.25) is 9.52 Å². The van der Waals surface area contributed by atoms with Crippen molar-refractivity contribution in [3.63, 3.8) is 0 Å². The second-order valence-electron chi connectivity index (χ2n) is 7.62. The maximum atomic E-state index is 13.3. The summed E-state index contributed by atoms with van der Waals surface area (Å²) in [5.74, 6) is -0.187. The summed E-state index contributed by atoms with van der Waals surface area (Å²) < 4.78 is 31.0. The number of likely N-dealkylation sites (tertiary alicyclic amines) is 1. The minimum atomic E-state index is -3.90. The summed E-state index contributed by atoms with van der Waals surface area (Å²) in [5, 5.41) is 0. The van der Waals surface area contributed by atoms with Crippen LogP contribution in [0.4, 0.5) is 5.69 Å². The number of amides is 1. The Morgan fingerprint density at radius 3 is 2.25 bits per heavy atom. The Kier molecular flexibility index (Phi) is 5.84. The van der Waals surface area contributed by atoms with E-state index < -0.39 is 10.0 Å². The molecule has 0 radical (unpaired) electrons. The highest BCUT2D eigenvalue weighted by Gasteiger charge is 2.33. The Bertz CT molecular complexity index is 985. The molecule has 0 aliphatic carbocycles. The van der Waals surface area contributed by atoms with Gasteiger partial charge in [0.25, 0.3) is 15.9 Å². The molecule has 1 aromatic heterocycles. The Balaban J connectivity index is 2.05. The van der Waals surface area contributed by atoms with Gasteiger partial charge in [0.05, 0.1) is 5.56 Å². The summed E-state index contributed by atoms with van der Waals surface area (Å²) in [4.78, 5) is 15.2. The van der Waals surface area contributed by atoms with Crippen molar-refractivity contribution in [3.05, 3.63) is 46.8 Å². The topological polar surface area (TPSA) is 71.4 Å². The molecule has 152 valence electrons. The summed E-state index contributed by atoms with van der Waals surface area (Å²) in [6.45, 7) is 6.82. The van der Waals surface area contributed by atoms with Crippen LogP contribution in [0.2, 0.25) is 0 Å². The zero-order valence-corrected chi connectivity index (χ0v) is 17.9. The molecule has 7 heteroatoms. The number of aryl methyl sites for hydroxylation is 1. The van der Waals surface area contributed by atoms with Gasteiger partial charge in [0, 0.05) is 37.2 Å². The van der Waals surface area contributed by atoms with Crippen molar-refractivity contribution in [2.24, 2.45) is 7.05 Å². The number of nitrogens with one attached hydrogen (secondary N) is 1. The maximum absolute atomic E-state index is 13.3. The van der Waals surface area contributed by atoms with E-state index in [1.165, 1.54) is 0 Å². The predicted octanol–water partition coefficient (Wildman–Crippen LogP) is 3.77. The Morgan fingerprint density at radius 2 is 1.64 bits per heavy atom. The summed E-state index contributed by atoms with van der Waals surface area (Å²) >= 11 is 0. The van der Waals surface area contributed by atoms with Crippen LogP contribution in [0, 0.1) is 20.8 Å². The van der Waals surface area contributed by atoms with E-state index in [0.29, 0.717) is 35.7 Å². The van der Waals surface area contributed by atoms with Crippen molar-refractivity contribution in [2.75, 3.05) is 17.8 Å². The van der Waals surface area contributed by atoms with Gasteiger partial charge in [-0.25, -0.2) is 8.42 Å². The molecule has 0 atom stereocenters. The maximum Gasteiger partial charge on any atom is 0.264 e. The summed E-state index contributed by atoms with van der Waals surface area (Å²) in [5.41, 5.74) is 2.99. The van der Waals surface area contributed by atoms with E-state index >= 15 is 0 Å². The molecular formula is C21H29N3O3S. The second kappa shape index (κ2) is 7.99. The van der Waals surface area contributed by atoms with Crippen molar-refractivity contribution in [1.82, 2.24) is 9.47 Å². The van der Waals surface area contributed by atoms with Crippen molar-refractivity contribution in [2.45, 2.75) is 51.3 Å². The summed E-state index contributed by atoms with van der Waals surface area (Å²) in [7, 11) is -2.10. The lowest BCUT2D eigenvalue weighted by Gasteiger charge is -2.21. The quantitative estimate of drug-likeness (QED) is 0.845. The van der Waals surface area contributed by atoms with Crippen LogP contribution in [-0.4, -0.2) is 36.9 Å². The normalized spacial score (nSPS) is 15.4. The Hall–Kier alpha value is -2.28. The van der Waals surface area contributed by atoms with E-state index in [2.05, 4.69) is 4.72 Å². The number of rotatable bonds is 4. The van der Waals surface area contributed by atoms with Crippen LogP contribution >= 0.6 is 0 Å². The fourth-order valence-corrected chi connectivity index (χ4v) is 5.41. The average Bonchev–Trinajstić information content (AvgIpc) is 2.84. The zero-order chi connectivity index (χ0) is 20.5.